The first-order valence-electron chi connectivity index (χ1n) is 5.89. The number of nitrogens with one attached hydrogen (secondary N) is 1. The van der Waals surface area contributed by atoms with Gasteiger partial charge in [-0.05, 0) is 24.6 Å². The van der Waals surface area contributed by atoms with E-state index in [1.54, 1.807) is 18.2 Å². The first-order valence-corrected chi connectivity index (χ1v) is 6.65. The summed E-state index contributed by atoms with van der Waals surface area (Å²) in [5, 5.41) is 3.64. The van der Waals surface area contributed by atoms with Gasteiger partial charge in [0.15, 0.2) is 0 Å². The maximum absolute atomic E-state index is 12.2. The van der Waals surface area contributed by atoms with E-state index in [0.29, 0.717) is 15.7 Å². The Kier molecular flexibility index (Phi) is 4.46. The van der Waals surface area contributed by atoms with Gasteiger partial charge >= 0.3 is 0 Å². The van der Waals surface area contributed by atoms with E-state index in [2.05, 4.69) is 5.32 Å². The van der Waals surface area contributed by atoms with E-state index in [-0.39, 0.29) is 11.8 Å². The standard InChI is InChI=1S/C15H13Cl2NO/c1-10(11-6-3-2-4-7-11)15(19)18-14-12(16)8-5-9-13(14)17/h2-10H,1H3,(H,18,19)/t10-/m0/s1. The summed E-state index contributed by atoms with van der Waals surface area (Å²) in [5.41, 5.74) is 1.40. The summed E-state index contributed by atoms with van der Waals surface area (Å²) in [6, 6.07) is 14.7. The highest BCUT2D eigenvalue weighted by Gasteiger charge is 2.17. The minimum atomic E-state index is -0.270. The Labute approximate surface area is 122 Å². The zero-order chi connectivity index (χ0) is 13.8. The molecule has 0 aliphatic rings. The molecule has 0 fully saturated rings. The Hall–Kier alpha value is -1.51. The van der Waals surface area contributed by atoms with E-state index in [0.717, 1.165) is 5.56 Å². The predicted octanol–water partition coefficient (Wildman–Crippen LogP) is 4.74. The molecule has 0 saturated heterocycles. The maximum Gasteiger partial charge on any atom is 0.231 e. The van der Waals surface area contributed by atoms with E-state index in [4.69, 9.17) is 23.2 Å². The van der Waals surface area contributed by atoms with Crippen LogP contribution < -0.4 is 5.32 Å². The molecule has 2 rings (SSSR count). The van der Waals surface area contributed by atoms with Crippen molar-refractivity contribution in [3.63, 3.8) is 0 Å². The normalized spacial score (nSPS) is 11.9. The smallest absolute Gasteiger partial charge is 0.231 e. The number of anilines is 1. The molecule has 2 aromatic carbocycles. The lowest BCUT2D eigenvalue weighted by Gasteiger charge is -2.14. The Morgan fingerprint density at radius 2 is 1.58 bits per heavy atom. The van der Waals surface area contributed by atoms with Crippen molar-refractivity contribution in [2.24, 2.45) is 0 Å². The van der Waals surface area contributed by atoms with Crippen molar-refractivity contribution in [3.8, 4) is 0 Å². The van der Waals surface area contributed by atoms with Crippen LogP contribution in [0.1, 0.15) is 18.4 Å². The lowest BCUT2D eigenvalue weighted by atomic mass is 10.0. The summed E-state index contributed by atoms with van der Waals surface area (Å²) >= 11 is 12.1. The molecule has 0 spiro atoms. The molecule has 19 heavy (non-hydrogen) atoms. The van der Waals surface area contributed by atoms with Crippen LogP contribution in [0.3, 0.4) is 0 Å². The second-order valence-corrected chi connectivity index (χ2v) is 5.03. The molecule has 0 aromatic heterocycles. The summed E-state index contributed by atoms with van der Waals surface area (Å²) < 4.78 is 0. The lowest BCUT2D eigenvalue weighted by Crippen LogP contribution is -2.19. The highest BCUT2D eigenvalue weighted by atomic mass is 35.5. The van der Waals surface area contributed by atoms with Gasteiger partial charge in [0, 0.05) is 0 Å². The first kappa shape index (κ1) is 13.9. The third-order valence-electron chi connectivity index (χ3n) is 2.90. The molecular weight excluding hydrogens is 281 g/mol. The Morgan fingerprint density at radius 3 is 2.16 bits per heavy atom. The Morgan fingerprint density at radius 1 is 1.00 bits per heavy atom. The molecule has 0 aliphatic heterocycles. The number of carbonyl (C=O) groups is 1. The third kappa shape index (κ3) is 3.28. The number of amides is 1. The van der Waals surface area contributed by atoms with E-state index in [1.165, 1.54) is 0 Å². The summed E-state index contributed by atoms with van der Waals surface area (Å²) in [5.74, 6) is -0.408. The molecule has 4 heteroatoms. The third-order valence-corrected chi connectivity index (χ3v) is 3.53. The van der Waals surface area contributed by atoms with Gasteiger partial charge in [0.1, 0.15) is 0 Å². The average molecular weight is 294 g/mol. The van der Waals surface area contributed by atoms with Crippen molar-refractivity contribution in [2.75, 3.05) is 5.32 Å². The highest BCUT2D eigenvalue weighted by Crippen LogP contribution is 2.30. The van der Waals surface area contributed by atoms with Crippen LogP contribution in [0.15, 0.2) is 48.5 Å². The van der Waals surface area contributed by atoms with Crippen molar-refractivity contribution in [1.29, 1.82) is 0 Å². The quantitative estimate of drug-likeness (QED) is 0.870. The zero-order valence-corrected chi connectivity index (χ0v) is 11.9. The van der Waals surface area contributed by atoms with Crippen molar-refractivity contribution < 1.29 is 4.79 Å². The van der Waals surface area contributed by atoms with Crippen molar-refractivity contribution >= 4 is 34.8 Å². The number of halogens is 2. The SMILES string of the molecule is C[C@H](C(=O)Nc1c(Cl)cccc1Cl)c1ccccc1. The summed E-state index contributed by atoms with van der Waals surface area (Å²) in [6.45, 7) is 1.84. The van der Waals surface area contributed by atoms with Gasteiger partial charge in [-0.3, -0.25) is 4.79 Å². The monoisotopic (exact) mass is 293 g/mol. The highest BCUT2D eigenvalue weighted by molar-refractivity contribution is 6.39. The number of hydrogen-bond donors (Lipinski definition) is 1. The van der Waals surface area contributed by atoms with Crippen LogP contribution in [0, 0.1) is 0 Å². The van der Waals surface area contributed by atoms with Gasteiger partial charge in [-0.15, -0.1) is 0 Å². The second-order valence-electron chi connectivity index (χ2n) is 4.22. The molecule has 1 amide bonds. The fourth-order valence-corrected chi connectivity index (χ4v) is 2.23. The molecule has 0 aliphatic carbocycles. The zero-order valence-electron chi connectivity index (χ0n) is 10.4. The predicted molar refractivity (Wildman–Crippen MR) is 79.9 cm³/mol. The van der Waals surface area contributed by atoms with Crippen molar-refractivity contribution in [3.05, 3.63) is 64.1 Å². The maximum atomic E-state index is 12.2. The Bertz CT molecular complexity index is 564. The van der Waals surface area contributed by atoms with Crippen LogP contribution in [0.5, 0.6) is 0 Å². The number of rotatable bonds is 3. The molecule has 0 bridgehead atoms. The topological polar surface area (TPSA) is 29.1 Å². The molecule has 2 aromatic rings. The second kappa shape index (κ2) is 6.09. The fourth-order valence-electron chi connectivity index (χ4n) is 1.74. The summed E-state index contributed by atoms with van der Waals surface area (Å²) in [7, 11) is 0. The molecule has 0 unspecified atom stereocenters. The van der Waals surface area contributed by atoms with Gasteiger partial charge in [-0.2, -0.15) is 0 Å². The van der Waals surface area contributed by atoms with Crippen LogP contribution in [-0.4, -0.2) is 5.91 Å². The molecular formula is C15H13Cl2NO. The van der Waals surface area contributed by atoms with Gasteiger partial charge < -0.3 is 5.32 Å². The molecule has 1 N–H and O–H groups in total. The average Bonchev–Trinajstić information content (AvgIpc) is 2.43. The van der Waals surface area contributed by atoms with Crippen LogP contribution in [0.4, 0.5) is 5.69 Å². The van der Waals surface area contributed by atoms with Crippen LogP contribution in [0.2, 0.25) is 10.0 Å². The van der Waals surface area contributed by atoms with Crippen molar-refractivity contribution in [2.45, 2.75) is 12.8 Å². The van der Waals surface area contributed by atoms with Crippen LogP contribution in [-0.2, 0) is 4.79 Å². The van der Waals surface area contributed by atoms with Crippen LogP contribution in [0.25, 0.3) is 0 Å². The minimum Gasteiger partial charge on any atom is -0.323 e. The molecule has 98 valence electrons. The minimum absolute atomic E-state index is 0.138. The molecule has 1 atom stereocenters. The molecule has 0 heterocycles. The van der Waals surface area contributed by atoms with Gasteiger partial charge in [-0.25, -0.2) is 0 Å². The van der Waals surface area contributed by atoms with Crippen molar-refractivity contribution in [1.82, 2.24) is 0 Å². The number of para-hydroxylation sites is 1. The Balaban J connectivity index is 2.18. The molecule has 0 radical (unpaired) electrons. The van der Waals surface area contributed by atoms with Crippen LogP contribution >= 0.6 is 23.2 Å². The van der Waals surface area contributed by atoms with Gasteiger partial charge in [0.2, 0.25) is 5.91 Å². The fraction of sp³-hybridized carbons (Fsp3) is 0.133. The van der Waals surface area contributed by atoms with Gasteiger partial charge in [-0.1, -0.05) is 59.6 Å². The number of hydrogen-bond acceptors (Lipinski definition) is 1. The first-order chi connectivity index (χ1) is 9.09. The van der Waals surface area contributed by atoms with E-state index < -0.39 is 0 Å². The van der Waals surface area contributed by atoms with Gasteiger partial charge in [0.25, 0.3) is 0 Å². The lowest BCUT2D eigenvalue weighted by molar-refractivity contribution is -0.117. The largest absolute Gasteiger partial charge is 0.323 e. The summed E-state index contributed by atoms with van der Waals surface area (Å²) in [6.07, 6.45) is 0. The van der Waals surface area contributed by atoms with E-state index in [1.807, 2.05) is 37.3 Å². The molecule has 0 saturated carbocycles. The number of carbonyl (C=O) groups excluding carboxylic acids is 1. The van der Waals surface area contributed by atoms with Gasteiger partial charge in [0.05, 0.1) is 21.7 Å². The summed E-state index contributed by atoms with van der Waals surface area (Å²) in [4.78, 5) is 12.2. The van der Waals surface area contributed by atoms with E-state index in [9.17, 15) is 4.79 Å². The van der Waals surface area contributed by atoms with E-state index >= 15 is 0 Å². The number of benzene rings is 2. The molecule has 2 nitrogen and oxygen atoms in total.